The first-order chi connectivity index (χ1) is 16.3. The van der Waals surface area contributed by atoms with Crippen LogP contribution in [0.3, 0.4) is 0 Å². The Morgan fingerprint density at radius 2 is 1.65 bits per heavy atom. The topological polar surface area (TPSA) is 188 Å². The number of ether oxygens (including phenoxy) is 1. The fourth-order valence-corrected chi connectivity index (χ4v) is 3.08. The fraction of sp³-hybridized carbons (Fsp3) is 0.227. The Labute approximate surface area is 194 Å². The number of aldehydes is 1. The molecule has 0 atom stereocenters. The molecule has 2 aromatic carbocycles. The number of hydrogen-bond acceptors (Lipinski definition) is 12. The van der Waals surface area contributed by atoms with Crippen LogP contribution < -0.4 is 10.7 Å². The summed E-state index contributed by atoms with van der Waals surface area (Å²) in [5.74, 6) is 6.31. The summed E-state index contributed by atoms with van der Waals surface area (Å²) in [6, 6.07) is 7.93. The molecule has 0 saturated carbocycles. The SMILES string of the molecule is Cc1nc(C(=NN)c2ccc(O)cc2O)nc(N2CCOCC2)n1.O=Cc1ccc(O)cc1O. The van der Waals surface area contributed by atoms with E-state index in [1.165, 1.54) is 30.3 Å². The smallest absolute Gasteiger partial charge is 0.229 e. The quantitative estimate of drug-likeness (QED) is 0.159. The first-order valence-electron chi connectivity index (χ1n) is 10.2. The van der Waals surface area contributed by atoms with E-state index in [2.05, 4.69) is 20.1 Å². The zero-order chi connectivity index (χ0) is 24.7. The number of nitrogens with two attached hydrogens (primary N) is 1. The summed E-state index contributed by atoms with van der Waals surface area (Å²) in [6.07, 6.45) is 0.523. The van der Waals surface area contributed by atoms with Crippen molar-refractivity contribution in [2.45, 2.75) is 6.92 Å². The molecule has 1 saturated heterocycles. The largest absolute Gasteiger partial charge is 0.508 e. The van der Waals surface area contributed by atoms with Crippen LogP contribution in [0.4, 0.5) is 5.95 Å². The van der Waals surface area contributed by atoms with Crippen LogP contribution in [0.2, 0.25) is 0 Å². The molecule has 1 aliphatic heterocycles. The van der Waals surface area contributed by atoms with Gasteiger partial charge in [-0.1, -0.05) is 0 Å². The first kappa shape index (κ1) is 24.2. The molecular weight excluding hydrogens is 444 g/mol. The van der Waals surface area contributed by atoms with E-state index in [9.17, 15) is 15.0 Å². The van der Waals surface area contributed by atoms with Crippen LogP contribution in [0.1, 0.15) is 27.6 Å². The van der Waals surface area contributed by atoms with Crippen molar-refractivity contribution in [3.8, 4) is 23.0 Å². The summed E-state index contributed by atoms with van der Waals surface area (Å²) < 4.78 is 5.33. The van der Waals surface area contributed by atoms with Gasteiger partial charge in [-0.15, -0.1) is 0 Å². The summed E-state index contributed by atoms with van der Waals surface area (Å²) in [5.41, 5.74) is 0.721. The number of aryl methyl sites for hydroxylation is 1. The molecule has 0 spiro atoms. The van der Waals surface area contributed by atoms with Crippen LogP contribution in [0.5, 0.6) is 23.0 Å². The number of hydrogen-bond donors (Lipinski definition) is 5. The Kier molecular flexibility index (Phi) is 7.77. The summed E-state index contributed by atoms with van der Waals surface area (Å²) in [5, 5.41) is 40.9. The van der Waals surface area contributed by atoms with Crippen molar-refractivity contribution in [1.29, 1.82) is 0 Å². The monoisotopic (exact) mass is 468 g/mol. The van der Waals surface area contributed by atoms with Gasteiger partial charge in [0.15, 0.2) is 12.1 Å². The third-order valence-electron chi connectivity index (χ3n) is 4.75. The third kappa shape index (κ3) is 5.86. The van der Waals surface area contributed by atoms with Crippen LogP contribution in [0.15, 0.2) is 41.5 Å². The molecule has 2 heterocycles. The highest BCUT2D eigenvalue weighted by molar-refractivity contribution is 6.12. The number of carbonyl (C=O) groups excluding carboxylic acids is 1. The van der Waals surface area contributed by atoms with E-state index in [1.54, 1.807) is 6.92 Å². The lowest BCUT2D eigenvalue weighted by molar-refractivity contribution is 0.112. The molecule has 12 heteroatoms. The van der Waals surface area contributed by atoms with E-state index in [4.69, 9.17) is 20.8 Å². The van der Waals surface area contributed by atoms with Gasteiger partial charge < -0.3 is 35.9 Å². The Balaban J connectivity index is 0.000000271. The van der Waals surface area contributed by atoms with Gasteiger partial charge in [0.25, 0.3) is 0 Å². The molecule has 0 amide bonds. The summed E-state index contributed by atoms with van der Waals surface area (Å²) in [7, 11) is 0. The molecule has 34 heavy (non-hydrogen) atoms. The minimum Gasteiger partial charge on any atom is -0.508 e. The van der Waals surface area contributed by atoms with Gasteiger partial charge in [-0.05, 0) is 31.2 Å². The van der Waals surface area contributed by atoms with Gasteiger partial charge >= 0.3 is 0 Å². The Bertz CT molecular complexity index is 1200. The number of aromatic nitrogens is 3. The molecule has 178 valence electrons. The van der Waals surface area contributed by atoms with Crippen LogP contribution in [0, 0.1) is 6.92 Å². The summed E-state index contributed by atoms with van der Waals surface area (Å²) in [4.78, 5) is 25.2. The molecule has 0 aliphatic carbocycles. The highest BCUT2D eigenvalue weighted by Crippen LogP contribution is 2.25. The summed E-state index contributed by atoms with van der Waals surface area (Å²) >= 11 is 0. The number of rotatable bonds is 4. The average Bonchev–Trinajstić information content (AvgIpc) is 2.82. The first-order valence-corrected chi connectivity index (χ1v) is 10.2. The number of phenols is 4. The maximum absolute atomic E-state index is 10.1. The molecule has 12 nitrogen and oxygen atoms in total. The van der Waals surface area contributed by atoms with E-state index < -0.39 is 0 Å². The average molecular weight is 468 g/mol. The van der Waals surface area contributed by atoms with Crippen molar-refractivity contribution in [3.05, 3.63) is 59.2 Å². The molecule has 1 aromatic heterocycles. The lowest BCUT2D eigenvalue weighted by Gasteiger charge is -2.27. The Hall–Kier alpha value is -4.45. The number of anilines is 1. The normalized spacial score (nSPS) is 13.7. The number of hydrazone groups is 1. The molecule has 6 N–H and O–H groups in total. The molecule has 4 rings (SSSR count). The van der Waals surface area contributed by atoms with Crippen molar-refractivity contribution in [3.63, 3.8) is 0 Å². The second kappa shape index (κ2) is 10.9. The molecule has 1 fully saturated rings. The summed E-state index contributed by atoms with van der Waals surface area (Å²) in [6.45, 7) is 4.33. The Morgan fingerprint density at radius 3 is 2.24 bits per heavy atom. The predicted octanol–water partition coefficient (Wildman–Crippen LogP) is 1.05. The van der Waals surface area contributed by atoms with Gasteiger partial charge in [0.1, 0.15) is 34.5 Å². The molecule has 3 aromatic rings. The van der Waals surface area contributed by atoms with Crippen LogP contribution >= 0.6 is 0 Å². The lowest BCUT2D eigenvalue weighted by atomic mass is 10.1. The third-order valence-corrected chi connectivity index (χ3v) is 4.75. The van der Waals surface area contributed by atoms with E-state index in [-0.39, 0.29) is 40.1 Å². The maximum atomic E-state index is 10.1. The molecular formula is C22H24N6O6. The van der Waals surface area contributed by atoms with Crippen LogP contribution in [-0.2, 0) is 4.74 Å². The Morgan fingerprint density at radius 1 is 1.00 bits per heavy atom. The lowest BCUT2D eigenvalue weighted by Crippen LogP contribution is -2.38. The molecule has 0 unspecified atom stereocenters. The van der Waals surface area contributed by atoms with Crippen molar-refractivity contribution in [2.24, 2.45) is 10.9 Å². The highest BCUT2D eigenvalue weighted by atomic mass is 16.5. The zero-order valence-electron chi connectivity index (χ0n) is 18.3. The highest BCUT2D eigenvalue weighted by Gasteiger charge is 2.20. The second-order valence-corrected chi connectivity index (χ2v) is 7.15. The molecule has 0 radical (unpaired) electrons. The van der Waals surface area contributed by atoms with Crippen molar-refractivity contribution < 1.29 is 30.0 Å². The van der Waals surface area contributed by atoms with E-state index in [1.807, 2.05) is 4.90 Å². The number of benzene rings is 2. The van der Waals surface area contributed by atoms with E-state index >= 15 is 0 Å². The standard InChI is InChI=1S/C15H18N6O3.C7H6O3/c1-9-17-14(19-15(18-9)21-4-6-24-7-5-21)13(20-16)11-3-2-10(22)8-12(11)23;8-4-5-1-2-6(9)3-7(5)10/h2-3,8,22-23H,4-7,16H2,1H3;1-4,9-10H. The van der Waals surface area contributed by atoms with Gasteiger partial charge in [0.2, 0.25) is 5.95 Å². The van der Waals surface area contributed by atoms with Crippen LogP contribution in [0.25, 0.3) is 0 Å². The van der Waals surface area contributed by atoms with Gasteiger partial charge in [-0.3, -0.25) is 4.79 Å². The number of phenolic OH excluding ortho intramolecular Hbond substituents is 4. The fourth-order valence-electron chi connectivity index (χ4n) is 3.08. The van der Waals surface area contributed by atoms with Crippen LogP contribution in [-0.4, -0.2) is 73.7 Å². The molecule has 0 bridgehead atoms. The second-order valence-electron chi connectivity index (χ2n) is 7.15. The number of carbonyl (C=O) groups is 1. The van der Waals surface area contributed by atoms with Crippen molar-refractivity contribution in [1.82, 2.24) is 15.0 Å². The minimum absolute atomic E-state index is 0.0527. The zero-order valence-corrected chi connectivity index (χ0v) is 18.3. The molecule has 1 aliphatic rings. The number of aromatic hydroxyl groups is 4. The van der Waals surface area contributed by atoms with Gasteiger partial charge in [-0.2, -0.15) is 15.1 Å². The van der Waals surface area contributed by atoms with Crippen molar-refractivity contribution >= 4 is 17.9 Å². The minimum atomic E-state index is -0.199. The van der Waals surface area contributed by atoms with Gasteiger partial charge in [-0.25, -0.2) is 4.98 Å². The maximum Gasteiger partial charge on any atom is 0.229 e. The number of nitrogens with zero attached hydrogens (tertiary/aromatic N) is 5. The van der Waals surface area contributed by atoms with Gasteiger partial charge in [0.05, 0.1) is 18.8 Å². The van der Waals surface area contributed by atoms with Crippen molar-refractivity contribution in [2.75, 3.05) is 31.2 Å². The van der Waals surface area contributed by atoms with Gasteiger partial charge in [0, 0.05) is 30.8 Å². The van der Waals surface area contributed by atoms with E-state index in [0.717, 1.165) is 6.07 Å². The number of morpholine rings is 1. The van der Waals surface area contributed by atoms with E-state index in [0.29, 0.717) is 49.9 Å². The predicted molar refractivity (Wildman–Crippen MR) is 122 cm³/mol.